The van der Waals surface area contributed by atoms with E-state index in [0.717, 1.165) is 35.9 Å². The smallest absolute Gasteiger partial charge is 0.252 e. The van der Waals surface area contributed by atoms with Crippen molar-refractivity contribution in [2.45, 2.75) is 22.9 Å². The lowest BCUT2D eigenvalue weighted by Crippen LogP contribution is -2.09. The summed E-state index contributed by atoms with van der Waals surface area (Å²) in [7, 11) is -7.46. The number of halogens is 4. The molecule has 28 heavy (non-hydrogen) atoms. The molecular formula is C14H13Cl4N3O5S2. The lowest BCUT2D eigenvalue weighted by atomic mass is 10.3. The molecule has 0 atom stereocenters. The van der Waals surface area contributed by atoms with Gasteiger partial charge in [-0.05, 0) is 42.3 Å². The molecule has 2 rings (SSSR count). The fraction of sp³-hybridized carbons (Fsp3) is 0.286. The van der Waals surface area contributed by atoms with E-state index in [1.165, 1.54) is 0 Å². The van der Waals surface area contributed by atoms with Gasteiger partial charge in [-0.3, -0.25) is 4.79 Å². The highest BCUT2D eigenvalue weighted by molar-refractivity contribution is 7.91. The minimum Gasteiger partial charge on any atom is -0.276 e. The summed E-state index contributed by atoms with van der Waals surface area (Å²) in [6, 6.07) is 1.86. The number of nitrogens with zero attached hydrogens (tertiary/aromatic N) is 3. The highest BCUT2D eigenvalue weighted by Gasteiger charge is 2.19. The van der Waals surface area contributed by atoms with Crippen molar-refractivity contribution in [3.63, 3.8) is 0 Å². The number of rotatable bonds is 4. The maximum atomic E-state index is 11.3. The minimum absolute atomic E-state index is 0.154. The SMILES string of the molecule is CS(=O)(=O)c1cc(C(=O)Cl)cc(S(C)(=O)=O)n1.Cc1nc(Cl)nc(Cl)c1CCl. The van der Waals surface area contributed by atoms with Crippen molar-refractivity contribution < 1.29 is 21.6 Å². The van der Waals surface area contributed by atoms with Crippen molar-refractivity contribution in [2.24, 2.45) is 0 Å². The molecule has 0 aliphatic heterocycles. The zero-order chi connectivity index (χ0) is 21.9. The monoisotopic (exact) mass is 507 g/mol. The van der Waals surface area contributed by atoms with Gasteiger partial charge < -0.3 is 0 Å². The molecule has 0 spiro atoms. The molecule has 14 heteroatoms. The van der Waals surface area contributed by atoms with Gasteiger partial charge in [-0.1, -0.05) is 11.6 Å². The Morgan fingerprint density at radius 1 is 0.964 bits per heavy atom. The molecule has 0 N–H and O–H groups in total. The normalized spacial score (nSPS) is 11.5. The summed E-state index contributed by atoms with van der Waals surface area (Å²) in [5.74, 6) is 0.307. The summed E-state index contributed by atoms with van der Waals surface area (Å²) in [5, 5.41) is -1.49. The number of carbonyl (C=O) groups is 1. The van der Waals surface area contributed by atoms with Crippen molar-refractivity contribution in [1.29, 1.82) is 0 Å². The predicted molar refractivity (Wildman–Crippen MR) is 107 cm³/mol. The zero-order valence-electron chi connectivity index (χ0n) is 14.6. The van der Waals surface area contributed by atoms with E-state index in [1.807, 2.05) is 0 Å². The summed E-state index contributed by atoms with van der Waals surface area (Å²) in [5.41, 5.74) is 1.23. The highest BCUT2D eigenvalue weighted by Crippen LogP contribution is 2.20. The third-order valence-corrected chi connectivity index (χ3v) is 5.94. The van der Waals surface area contributed by atoms with Gasteiger partial charge in [0, 0.05) is 29.3 Å². The Bertz CT molecular complexity index is 1050. The number of pyridine rings is 1. The van der Waals surface area contributed by atoms with Crippen LogP contribution in [0.1, 0.15) is 21.6 Å². The second-order valence-corrected chi connectivity index (χ2v) is 10.6. The lowest BCUT2D eigenvalue weighted by Gasteiger charge is -2.03. The number of alkyl halides is 1. The number of carbonyl (C=O) groups excluding carboxylic acids is 1. The van der Waals surface area contributed by atoms with Gasteiger partial charge >= 0.3 is 0 Å². The first-order valence-corrected chi connectivity index (χ1v) is 12.5. The average Bonchev–Trinajstić information content (AvgIpc) is 2.53. The summed E-state index contributed by atoms with van der Waals surface area (Å²) >= 11 is 22.0. The summed E-state index contributed by atoms with van der Waals surface area (Å²) in [6.45, 7) is 1.79. The van der Waals surface area contributed by atoms with Crippen LogP contribution in [-0.4, -0.2) is 49.5 Å². The number of aromatic nitrogens is 3. The Hall–Kier alpha value is -1.04. The summed E-state index contributed by atoms with van der Waals surface area (Å²) in [6.07, 6.45) is 1.70. The molecule has 8 nitrogen and oxygen atoms in total. The van der Waals surface area contributed by atoms with Crippen LogP contribution in [0.25, 0.3) is 0 Å². The van der Waals surface area contributed by atoms with E-state index >= 15 is 0 Å². The molecule has 0 saturated heterocycles. The van der Waals surface area contributed by atoms with Gasteiger partial charge in [-0.25, -0.2) is 31.8 Å². The van der Waals surface area contributed by atoms with Crippen molar-refractivity contribution >= 4 is 71.3 Å². The largest absolute Gasteiger partial charge is 0.276 e. The van der Waals surface area contributed by atoms with Gasteiger partial charge in [0.25, 0.3) is 5.24 Å². The van der Waals surface area contributed by atoms with E-state index in [9.17, 15) is 21.6 Å². The predicted octanol–water partition coefficient (Wildman–Crippen LogP) is 3.10. The van der Waals surface area contributed by atoms with Crippen molar-refractivity contribution in [3.05, 3.63) is 39.4 Å². The number of hydrogen-bond donors (Lipinski definition) is 0. The first-order chi connectivity index (χ1) is 12.7. The Kier molecular flexibility index (Phi) is 8.61. The van der Waals surface area contributed by atoms with Gasteiger partial charge in [0.15, 0.2) is 29.7 Å². The fourth-order valence-electron chi connectivity index (χ4n) is 1.65. The van der Waals surface area contributed by atoms with Gasteiger partial charge in [-0.2, -0.15) is 0 Å². The molecule has 0 fully saturated rings. The third-order valence-electron chi connectivity index (χ3n) is 3.03. The van der Waals surface area contributed by atoms with E-state index in [2.05, 4.69) is 15.0 Å². The maximum Gasteiger partial charge on any atom is 0.252 e. The van der Waals surface area contributed by atoms with Crippen LogP contribution in [-0.2, 0) is 25.6 Å². The second kappa shape index (κ2) is 9.64. The molecule has 2 aromatic rings. The minimum atomic E-state index is -3.73. The third kappa shape index (κ3) is 7.09. The molecule has 0 saturated carbocycles. The molecule has 2 aromatic heterocycles. The van der Waals surface area contributed by atoms with E-state index in [0.29, 0.717) is 11.0 Å². The molecule has 0 aliphatic carbocycles. The first-order valence-electron chi connectivity index (χ1n) is 7.03. The van der Waals surface area contributed by atoms with Gasteiger partial charge in [0.1, 0.15) is 5.15 Å². The van der Waals surface area contributed by atoms with Crippen LogP contribution in [0.3, 0.4) is 0 Å². The van der Waals surface area contributed by atoms with Crippen LogP contribution in [0.5, 0.6) is 0 Å². The molecule has 0 unspecified atom stereocenters. The molecule has 0 aliphatic rings. The molecule has 0 aromatic carbocycles. The summed E-state index contributed by atoms with van der Waals surface area (Å²) < 4.78 is 45.1. The molecular weight excluding hydrogens is 496 g/mol. The number of aryl methyl sites for hydroxylation is 1. The van der Waals surface area contributed by atoms with Crippen LogP contribution in [0.4, 0.5) is 0 Å². The van der Waals surface area contributed by atoms with Crippen molar-refractivity contribution in [2.75, 3.05) is 12.5 Å². The van der Waals surface area contributed by atoms with Crippen LogP contribution in [0, 0.1) is 6.92 Å². The molecule has 154 valence electrons. The molecule has 2 heterocycles. The Morgan fingerprint density at radius 3 is 1.75 bits per heavy atom. The van der Waals surface area contributed by atoms with Crippen LogP contribution in [0.2, 0.25) is 10.4 Å². The molecule has 0 amide bonds. The van der Waals surface area contributed by atoms with Gasteiger partial charge in [-0.15, -0.1) is 11.6 Å². The fourth-order valence-corrected chi connectivity index (χ4v) is 3.96. The summed E-state index contributed by atoms with van der Waals surface area (Å²) in [4.78, 5) is 22.1. The number of sulfone groups is 2. The second-order valence-electron chi connectivity index (χ2n) is 5.33. The van der Waals surface area contributed by atoms with Crippen molar-refractivity contribution in [3.8, 4) is 0 Å². The standard InChI is InChI=1S/C8H8ClNO5S2.C6H5Cl3N2/c1-16(12,13)6-3-5(8(9)11)4-7(10-6)17(2,14)15;1-3-4(2-7)5(8)11-6(9)10-3/h3-4H,1-2H3;2H2,1H3. The number of hydrogen-bond acceptors (Lipinski definition) is 8. The topological polar surface area (TPSA) is 124 Å². The van der Waals surface area contributed by atoms with E-state index < -0.39 is 35.0 Å². The first kappa shape index (κ1) is 25.0. The van der Waals surface area contributed by atoms with Gasteiger partial charge in [0.2, 0.25) is 5.28 Å². The molecule has 0 radical (unpaired) electrons. The van der Waals surface area contributed by atoms with Crippen molar-refractivity contribution in [1.82, 2.24) is 15.0 Å². The van der Waals surface area contributed by atoms with E-state index in [1.54, 1.807) is 6.92 Å². The maximum absolute atomic E-state index is 11.3. The van der Waals surface area contributed by atoms with E-state index in [4.69, 9.17) is 46.4 Å². The Morgan fingerprint density at radius 2 is 1.43 bits per heavy atom. The highest BCUT2D eigenvalue weighted by atomic mass is 35.5. The Labute approximate surface area is 182 Å². The quantitative estimate of drug-likeness (QED) is 0.267. The van der Waals surface area contributed by atoms with Gasteiger partial charge in [0.05, 0.1) is 5.88 Å². The zero-order valence-corrected chi connectivity index (χ0v) is 19.2. The average molecular weight is 509 g/mol. The van der Waals surface area contributed by atoms with Crippen LogP contribution < -0.4 is 0 Å². The van der Waals surface area contributed by atoms with Crippen LogP contribution >= 0.6 is 46.4 Å². The van der Waals surface area contributed by atoms with E-state index in [-0.39, 0.29) is 10.8 Å². The molecule has 0 bridgehead atoms. The lowest BCUT2D eigenvalue weighted by molar-refractivity contribution is 0.108. The van der Waals surface area contributed by atoms with Crippen LogP contribution in [0.15, 0.2) is 22.2 Å². The Balaban J connectivity index is 0.000000307.